The first-order chi connectivity index (χ1) is 9.79. The van der Waals surface area contributed by atoms with E-state index >= 15 is 0 Å². The molecule has 2 saturated carbocycles. The molecule has 4 heteroatoms. The Morgan fingerprint density at radius 3 is 2.40 bits per heavy atom. The van der Waals surface area contributed by atoms with Gasteiger partial charge in [0.15, 0.2) is 0 Å². The summed E-state index contributed by atoms with van der Waals surface area (Å²) in [6.07, 6.45) is 10.9. The zero-order valence-corrected chi connectivity index (χ0v) is 14.3. The van der Waals surface area contributed by atoms with E-state index in [4.69, 9.17) is 14.2 Å². The minimum Gasteiger partial charge on any atom is -0.382 e. The van der Waals surface area contributed by atoms with Gasteiger partial charge >= 0.3 is 0 Å². The largest absolute Gasteiger partial charge is 0.382 e. The van der Waals surface area contributed by atoms with E-state index in [1.807, 2.05) is 0 Å². The Bertz CT molecular complexity index is 264. The van der Waals surface area contributed by atoms with E-state index < -0.39 is 0 Å². The Morgan fingerprint density at radius 1 is 1.00 bits per heavy atom. The Kier molecular flexibility index (Phi) is 7.29. The molecular weight excluding hydrogens is 320 g/mol. The first kappa shape index (κ1) is 16.7. The molecule has 2 atom stereocenters. The first-order valence-corrected chi connectivity index (χ1v) is 9.03. The average Bonchev–Trinajstić information content (AvgIpc) is 2.73. The number of hydrogen-bond acceptors (Lipinski definition) is 3. The summed E-state index contributed by atoms with van der Waals surface area (Å²) in [5.74, 6) is 0. The average molecular weight is 349 g/mol. The summed E-state index contributed by atoms with van der Waals surface area (Å²) >= 11 is 3.89. The van der Waals surface area contributed by atoms with Gasteiger partial charge in [-0.05, 0) is 25.7 Å². The fourth-order valence-electron chi connectivity index (χ4n) is 3.59. The van der Waals surface area contributed by atoms with Crippen LogP contribution in [0.25, 0.3) is 0 Å². The van der Waals surface area contributed by atoms with Crippen molar-refractivity contribution in [3.8, 4) is 0 Å². The fourth-order valence-corrected chi connectivity index (χ4v) is 4.68. The van der Waals surface area contributed by atoms with Crippen LogP contribution in [0.1, 0.15) is 51.4 Å². The molecule has 0 aromatic heterocycles. The molecule has 0 N–H and O–H groups in total. The van der Waals surface area contributed by atoms with Crippen LogP contribution < -0.4 is 0 Å². The van der Waals surface area contributed by atoms with Gasteiger partial charge in [0.1, 0.15) is 0 Å². The van der Waals surface area contributed by atoms with Crippen LogP contribution in [0, 0.1) is 5.41 Å². The third-order valence-electron chi connectivity index (χ3n) is 4.90. The molecule has 3 nitrogen and oxygen atoms in total. The van der Waals surface area contributed by atoms with E-state index in [9.17, 15) is 0 Å². The highest BCUT2D eigenvalue weighted by molar-refractivity contribution is 9.09. The number of hydrogen-bond donors (Lipinski definition) is 0. The van der Waals surface area contributed by atoms with Crippen LogP contribution >= 0.6 is 15.9 Å². The molecule has 0 saturated heterocycles. The van der Waals surface area contributed by atoms with Gasteiger partial charge in [-0.25, -0.2) is 0 Å². The van der Waals surface area contributed by atoms with Crippen molar-refractivity contribution in [3.63, 3.8) is 0 Å². The maximum atomic E-state index is 6.16. The summed E-state index contributed by atoms with van der Waals surface area (Å²) in [4.78, 5) is 0.677. The van der Waals surface area contributed by atoms with Crippen molar-refractivity contribution in [1.29, 1.82) is 0 Å². The maximum Gasteiger partial charge on any atom is 0.0700 e. The highest BCUT2D eigenvalue weighted by Gasteiger charge is 2.53. The summed E-state index contributed by atoms with van der Waals surface area (Å²) in [6, 6.07) is 0. The molecule has 20 heavy (non-hydrogen) atoms. The van der Waals surface area contributed by atoms with Gasteiger partial charge in [0, 0.05) is 30.6 Å². The van der Waals surface area contributed by atoms with Gasteiger partial charge in [-0.15, -0.1) is 0 Å². The van der Waals surface area contributed by atoms with Gasteiger partial charge in [-0.3, -0.25) is 0 Å². The third kappa shape index (κ3) is 4.19. The summed E-state index contributed by atoms with van der Waals surface area (Å²) in [6.45, 7) is 2.98. The molecule has 1 spiro atoms. The zero-order valence-electron chi connectivity index (χ0n) is 12.7. The molecule has 2 aliphatic rings. The van der Waals surface area contributed by atoms with E-state index in [2.05, 4.69) is 15.9 Å². The van der Waals surface area contributed by atoms with Crippen molar-refractivity contribution < 1.29 is 14.2 Å². The lowest BCUT2D eigenvalue weighted by Gasteiger charge is -2.53. The van der Waals surface area contributed by atoms with Crippen molar-refractivity contribution in [2.24, 2.45) is 5.41 Å². The quantitative estimate of drug-likeness (QED) is 0.491. The van der Waals surface area contributed by atoms with E-state index in [1.165, 1.54) is 44.9 Å². The predicted octanol–water partition coefficient (Wildman–Crippen LogP) is 3.93. The second kappa shape index (κ2) is 8.72. The number of ether oxygens (including phenoxy) is 3. The summed E-state index contributed by atoms with van der Waals surface area (Å²) in [5.41, 5.74) is 0.438. The van der Waals surface area contributed by atoms with E-state index in [0.29, 0.717) is 29.6 Å². The normalized spacial score (nSPS) is 29.1. The van der Waals surface area contributed by atoms with Gasteiger partial charge in [-0.2, -0.15) is 0 Å². The van der Waals surface area contributed by atoms with E-state index in [1.54, 1.807) is 7.11 Å². The van der Waals surface area contributed by atoms with Crippen LogP contribution in [0.5, 0.6) is 0 Å². The second-order valence-corrected chi connectivity index (χ2v) is 7.27. The molecule has 0 aromatic rings. The van der Waals surface area contributed by atoms with Gasteiger partial charge in [0.05, 0.1) is 19.3 Å². The maximum absolute atomic E-state index is 6.16. The molecule has 0 radical (unpaired) electrons. The van der Waals surface area contributed by atoms with Crippen LogP contribution in [0.2, 0.25) is 0 Å². The van der Waals surface area contributed by atoms with Crippen LogP contribution in [-0.2, 0) is 14.2 Å². The lowest BCUT2D eigenvalue weighted by atomic mass is 9.61. The number of halogens is 1. The first-order valence-electron chi connectivity index (χ1n) is 8.12. The molecular formula is C16H29BrO3. The Morgan fingerprint density at radius 2 is 1.75 bits per heavy atom. The van der Waals surface area contributed by atoms with Gasteiger partial charge in [-0.1, -0.05) is 41.6 Å². The smallest absolute Gasteiger partial charge is 0.0700 e. The molecule has 0 aliphatic heterocycles. The Balaban J connectivity index is 1.63. The van der Waals surface area contributed by atoms with Crippen LogP contribution in [0.3, 0.4) is 0 Å². The minimum absolute atomic E-state index is 0.438. The Hall–Kier alpha value is 0.360. The fraction of sp³-hybridized carbons (Fsp3) is 1.00. The summed E-state index contributed by atoms with van der Waals surface area (Å²) < 4.78 is 16.6. The van der Waals surface area contributed by atoms with Crippen LogP contribution in [0.4, 0.5) is 0 Å². The minimum atomic E-state index is 0.438. The molecule has 0 amide bonds. The van der Waals surface area contributed by atoms with Crippen LogP contribution in [-0.4, -0.2) is 44.5 Å². The van der Waals surface area contributed by atoms with Crippen LogP contribution in [0.15, 0.2) is 0 Å². The van der Waals surface area contributed by atoms with Gasteiger partial charge < -0.3 is 14.2 Å². The zero-order chi connectivity index (χ0) is 14.3. The molecule has 118 valence electrons. The molecule has 2 aliphatic carbocycles. The molecule has 0 aromatic carbocycles. The molecule has 2 fully saturated rings. The van der Waals surface area contributed by atoms with Crippen molar-refractivity contribution >= 4 is 15.9 Å². The topological polar surface area (TPSA) is 27.7 Å². The highest BCUT2D eigenvalue weighted by atomic mass is 79.9. The van der Waals surface area contributed by atoms with Crippen molar-refractivity contribution in [1.82, 2.24) is 0 Å². The van der Waals surface area contributed by atoms with Crippen molar-refractivity contribution in [3.05, 3.63) is 0 Å². The lowest BCUT2D eigenvalue weighted by molar-refractivity contribution is -0.114. The van der Waals surface area contributed by atoms with Gasteiger partial charge in [0.2, 0.25) is 0 Å². The Labute approximate surface area is 131 Å². The SMILES string of the molecule is COCCOCCCOC1CC(Br)C12CCCCCC2. The molecule has 2 rings (SSSR count). The summed E-state index contributed by atoms with van der Waals surface area (Å²) in [7, 11) is 1.70. The third-order valence-corrected chi connectivity index (χ3v) is 6.19. The molecule has 2 unspecified atom stereocenters. The monoisotopic (exact) mass is 348 g/mol. The second-order valence-electron chi connectivity index (χ2n) is 6.17. The molecule has 0 heterocycles. The van der Waals surface area contributed by atoms with Crippen molar-refractivity contribution in [2.45, 2.75) is 62.3 Å². The van der Waals surface area contributed by atoms with Crippen molar-refractivity contribution in [2.75, 3.05) is 33.5 Å². The predicted molar refractivity (Wildman–Crippen MR) is 84.5 cm³/mol. The summed E-state index contributed by atoms with van der Waals surface area (Å²) in [5, 5.41) is 0. The van der Waals surface area contributed by atoms with E-state index in [0.717, 1.165) is 19.6 Å². The highest BCUT2D eigenvalue weighted by Crippen LogP contribution is 2.55. The number of methoxy groups -OCH3 is 1. The standard InChI is InChI=1S/C16H29BrO3/c1-18-11-12-19-9-6-10-20-15-13-14(17)16(15)7-4-2-3-5-8-16/h14-15H,2-13H2,1H3. The van der Waals surface area contributed by atoms with E-state index in [-0.39, 0.29) is 0 Å². The number of alkyl halides is 1. The molecule has 0 bridgehead atoms. The van der Waals surface area contributed by atoms with Gasteiger partial charge in [0.25, 0.3) is 0 Å². The number of rotatable bonds is 8. The lowest BCUT2D eigenvalue weighted by Crippen LogP contribution is -2.55.